The van der Waals surface area contributed by atoms with E-state index in [0.29, 0.717) is 12.4 Å². The van der Waals surface area contributed by atoms with Crippen molar-refractivity contribution in [1.82, 2.24) is 15.3 Å². The molecule has 1 amide bonds. The number of H-pyrrole nitrogens is 1. The molecule has 0 saturated carbocycles. The highest BCUT2D eigenvalue weighted by Crippen LogP contribution is 1.85. The summed E-state index contributed by atoms with van der Waals surface area (Å²) in [6, 6.07) is 0. The van der Waals surface area contributed by atoms with Crippen LogP contribution in [-0.2, 0) is 6.54 Å². The van der Waals surface area contributed by atoms with E-state index in [9.17, 15) is 4.79 Å². The van der Waals surface area contributed by atoms with E-state index < -0.39 is 5.81 Å². The molecule has 0 aliphatic heterocycles. The summed E-state index contributed by atoms with van der Waals surface area (Å²) >= 11 is 0. The molecule has 2 N–H and O–H groups in total. The van der Waals surface area contributed by atoms with Crippen molar-refractivity contribution in [2.45, 2.75) is 6.54 Å². The highest BCUT2D eigenvalue weighted by atomic mass is 16.1. The SMILES string of the molecule is [B]C(=O)NCc1ncc[nH]1. The second-order valence-electron chi connectivity index (χ2n) is 1.75. The Morgan fingerprint density at radius 3 is 3.20 bits per heavy atom. The molecule has 0 aromatic carbocycles. The van der Waals surface area contributed by atoms with Gasteiger partial charge in [-0.05, 0) is 0 Å². The first-order chi connectivity index (χ1) is 4.79. The highest BCUT2D eigenvalue weighted by molar-refractivity contribution is 6.57. The summed E-state index contributed by atoms with van der Waals surface area (Å²) in [5.74, 6) is 0.148. The molecule has 0 atom stereocenters. The molecule has 0 spiro atoms. The first-order valence-electron chi connectivity index (χ1n) is 2.80. The minimum Gasteiger partial charge on any atom is -0.359 e. The predicted octanol–water partition coefficient (Wildman–Crippen LogP) is -0.212. The molecular weight excluding hydrogens is 129 g/mol. The van der Waals surface area contributed by atoms with Gasteiger partial charge in [0.2, 0.25) is 7.85 Å². The number of hydrogen-bond acceptors (Lipinski definition) is 2. The summed E-state index contributed by atoms with van der Waals surface area (Å²) in [5, 5.41) is 2.39. The maximum atomic E-state index is 10.2. The first-order valence-corrected chi connectivity index (χ1v) is 2.80. The molecule has 0 unspecified atom stereocenters. The summed E-state index contributed by atoms with van der Waals surface area (Å²) in [5.41, 5.74) is 0. The van der Waals surface area contributed by atoms with Crippen LogP contribution in [0, 0.1) is 0 Å². The van der Waals surface area contributed by atoms with Gasteiger partial charge in [0.15, 0.2) is 5.81 Å². The molecule has 1 aromatic rings. The van der Waals surface area contributed by atoms with Gasteiger partial charge in [0.05, 0.1) is 6.54 Å². The van der Waals surface area contributed by atoms with Crippen LogP contribution in [0.5, 0.6) is 0 Å². The third-order valence-electron chi connectivity index (χ3n) is 0.985. The molecule has 1 rings (SSSR count). The number of nitrogens with zero attached hydrogens (tertiary/aromatic N) is 1. The number of carbonyl (C=O) groups excluding carboxylic acids is 1. The average molecular weight is 135 g/mol. The van der Waals surface area contributed by atoms with Crippen LogP contribution in [0.3, 0.4) is 0 Å². The number of amides is 1. The number of rotatable bonds is 2. The van der Waals surface area contributed by atoms with Gasteiger partial charge in [0, 0.05) is 12.4 Å². The van der Waals surface area contributed by atoms with Crippen LogP contribution in [-0.4, -0.2) is 23.6 Å². The van der Waals surface area contributed by atoms with Crippen molar-refractivity contribution in [3.8, 4) is 0 Å². The molecule has 1 aromatic heterocycles. The topological polar surface area (TPSA) is 57.8 Å². The zero-order valence-corrected chi connectivity index (χ0v) is 5.29. The molecule has 0 saturated heterocycles. The van der Waals surface area contributed by atoms with Gasteiger partial charge in [-0.1, -0.05) is 0 Å². The lowest BCUT2D eigenvalue weighted by atomic mass is 10.1. The Kier molecular flexibility index (Phi) is 2.09. The van der Waals surface area contributed by atoms with E-state index in [0.717, 1.165) is 0 Å². The quantitative estimate of drug-likeness (QED) is 0.551. The Hall–Kier alpha value is -1.26. The van der Waals surface area contributed by atoms with Crippen molar-refractivity contribution in [3.05, 3.63) is 18.2 Å². The Labute approximate surface area is 59.5 Å². The first kappa shape index (κ1) is 6.86. The van der Waals surface area contributed by atoms with Crippen molar-refractivity contribution in [2.24, 2.45) is 0 Å². The van der Waals surface area contributed by atoms with Gasteiger partial charge in [0.25, 0.3) is 0 Å². The molecule has 0 fully saturated rings. The van der Waals surface area contributed by atoms with Crippen LogP contribution in [0.4, 0.5) is 4.79 Å². The van der Waals surface area contributed by atoms with E-state index in [1.165, 1.54) is 0 Å². The van der Waals surface area contributed by atoms with Gasteiger partial charge in [-0.3, -0.25) is 4.79 Å². The smallest absolute Gasteiger partial charge is 0.200 e. The van der Waals surface area contributed by atoms with E-state index in [-0.39, 0.29) is 0 Å². The molecule has 0 bridgehead atoms. The van der Waals surface area contributed by atoms with Gasteiger partial charge < -0.3 is 10.3 Å². The fourth-order valence-corrected chi connectivity index (χ4v) is 0.565. The maximum Gasteiger partial charge on any atom is 0.200 e. The van der Waals surface area contributed by atoms with Gasteiger partial charge >= 0.3 is 0 Å². The maximum absolute atomic E-state index is 10.2. The van der Waals surface area contributed by atoms with Crippen molar-refractivity contribution in [2.75, 3.05) is 0 Å². The monoisotopic (exact) mass is 135 g/mol. The van der Waals surface area contributed by atoms with Gasteiger partial charge in [-0.15, -0.1) is 0 Å². The Bertz CT molecular complexity index is 209. The summed E-state index contributed by atoms with van der Waals surface area (Å²) < 4.78 is 0. The fraction of sp³-hybridized carbons (Fsp3) is 0.200. The number of aromatic amines is 1. The van der Waals surface area contributed by atoms with Crippen LogP contribution in [0.15, 0.2) is 12.4 Å². The molecule has 0 aliphatic carbocycles. The number of carbonyl (C=O) groups is 1. The van der Waals surface area contributed by atoms with Crippen molar-refractivity contribution in [1.29, 1.82) is 0 Å². The van der Waals surface area contributed by atoms with E-state index in [1.807, 2.05) is 0 Å². The third kappa shape index (κ3) is 1.93. The normalized spacial score (nSPS) is 9.20. The van der Waals surface area contributed by atoms with Gasteiger partial charge in [-0.2, -0.15) is 0 Å². The second kappa shape index (κ2) is 3.05. The van der Waals surface area contributed by atoms with E-state index in [1.54, 1.807) is 12.4 Å². The molecule has 1 heterocycles. The fourth-order valence-electron chi connectivity index (χ4n) is 0.565. The number of hydrogen-bond donors (Lipinski definition) is 2. The second-order valence-corrected chi connectivity index (χ2v) is 1.75. The molecule has 10 heavy (non-hydrogen) atoms. The van der Waals surface area contributed by atoms with Crippen molar-refractivity contribution in [3.63, 3.8) is 0 Å². The number of imidazole rings is 1. The molecular formula is C5H6BN3O. The van der Waals surface area contributed by atoms with Crippen LogP contribution in [0.1, 0.15) is 5.82 Å². The van der Waals surface area contributed by atoms with Crippen LogP contribution in [0.2, 0.25) is 0 Å². The third-order valence-corrected chi connectivity index (χ3v) is 0.985. The van der Waals surface area contributed by atoms with E-state index in [2.05, 4.69) is 15.3 Å². The zero-order chi connectivity index (χ0) is 7.40. The summed E-state index contributed by atoms with van der Waals surface area (Å²) in [6.07, 6.45) is 3.29. The van der Waals surface area contributed by atoms with Crippen LogP contribution >= 0.6 is 0 Å². The van der Waals surface area contributed by atoms with E-state index in [4.69, 9.17) is 7.85 Å². The van der Waals surface area contributed by atoms with Gasteiger partial charge in [0.1, 0.15) is 5.82 Å². The lowest BCUT2D eigenvalue weighted by Crippen LogP contribution is -2.21. The summed E-state index contributed by atoms with van der Waals surface area (Å²) in [6.45, 7) is 0.350. The standard InChI is InChI=1S/C5H6BN3O/c6-5(10)9-3-4-7-1-2-8-4/h1-2H,3H2,(H,7,8)(H,9,10). The minimum absolute atomic E-state index is 0.350. The minimum atomic E-state index is -0.545. The average Bonchev–Trinajstić information content (AvgIpc) is 2.34. The highest BCUT2D eigenvalue weighted by Gasteiger charge is 1.93. The summed E-state index contributed by atoms with van der Waals surface area (Å²) in [7, 11) is 4.82. The largest absolute Gasteiger partial charge is 0.359 e. The molecule has 5 heteroatoms. The Morgan fingerprint density at radius 2 is 2.70 bits per heavy atom. The van der Waals surface area contributed by atoms with Crippen LogP contribution < -0.4 is 5.32 Å². The lowest BCUT2D eigenvalue weighted by Gasteiger charge is -1.96. The number of nitrogens with one attached hydrogen (secondary N) is 2. The molecule has 2 radical (unpaired) electrons. The molecule has 0 aliphatic rings. The Balaban J connectivity index is 2.35. The summed E-state index contributed by atoms with van der Waals surface area (Å²) in [4.78, 5) is 16.8. The molecule has 4 nitrogen and oxygen atoms in total. The Morgan fingerprint density at radius 1 is 1.90 bits per heavy atom. The van der Waals surface area contributed by atoms with Crippen LogP contribution in [0.25, 0.3) is 0 Å². The predicted molar refractivity (Wildman–Crippen MR) is 36.6 cm³/mol. The molecule has 50 valence electrons. The van der Waals surface area contributed by atoms with Gasteiger partial charge in [-0.25, -0.2) is 4.98 Å². The van der Waals surface area contributed by atoms with E-state index >= 15 is 0 Å². The number of aromatic nitrogens is 2. The van der Waals surface area contributed by atoms with Crippen molar-refractivity contribution >= 4 is 13.7 Å². The lowest BCUT2D eigenvalue weighted by molar-refractivity contribution is 0.259. The van der Waals surface area contributed by atoms with Crippen molar-refractivity contribution < 1.29 is 4.79 Å². The zero-order valence-electron chi connectivity index (χ0n) is 5.29.